The number of aryl methyl sites for hydroxylation is 3. The minimum Gasteiger partial charge on any atom is -0.483 e. The minimum absolute atomic E-state index is 0.0273. The third-order valence-corrected chi connectivity index (χ3v) is 4.32. The molecule has 0 aliphatic rings. The van der Waals surface area contributed by atoms with Gasteiger partial charge in [0.15, 0.2) is 6.61 Å². The van der Waals surface area contributed by atoms with Crippen molar-refractivity contribution < 1.29 is 9.53 Å². The van der Waals surface area contributed by atoms with E-state index in [0.717, 1.165) is 22.4 Å². The molecule has 2 aromatic rings. The number of carbonyl (C=O) groups is 1. The highest BCUT2D eigenvalue weighted by atomic mass is 16.5. The first kappa shape index (κ1) is 17.1. The summed E-state index contributed by atoms with van der Waals surface area (Å²) >= 11 is 0. The van der Waals surface area contributed by atoms with Gasteiger partial charge in [-0.1, -0.05) is 30.3 Å². The highest BCUT2D eigenvalue weighted by Crippen LogP contribution is 2.20. The van der Waals surface area contributed by atoms with Crippen LogP contribution in [0.5, 0.6) is 5.75 Å². The van der Waals surface area contributed by atoms with Crippen LogP contribution < -0.4 is 10.1 Å². The standard InChI is InChI=1S/C20H25NO2/c1-13-9-10-18(11-15(13)3)17(5)21-20(22)12-23-19-8-6-7-14(2)16(19)4/h6-11,17H,12H2,1-5H3,(H,21,22). The van der Waals surface area contributed by atoms with Crippen molar-refractivity contribution in [1.82, 2.24) is 5.32 Å². The zero-order valence-corrected chi connectivity index (χ0v) is 14.6. The van der Waals surface area contributed by atoms with E-state index in [1.54, 1.807) is 0 Å². The van der Waals surface area contributed by atoms with Gasteiger partial charge in [-0.05, 0) is 68.5 Å². The Morgan fingerprint density at radius 1 is 1.04 bits per heavy atom. The number of hydrogen-bond donors (Lipinski definition) is 1. The lowest BCUT2D eigenvalue weighted by Crippen LogP contribution is -2.31. The molecule has 3 nitrogen and oxygen atoms in total. The molecule has 0 heterocycles. The van der Waals surface area contributed by atoms with Gasteiger partial charge in [0.1, 0.15) is 5.75 Å². The number of nitrogens with one attached hydrogen (secondary N) is 1. The van der Waals surface area contributed by atoms with Gasteiger partial charge in [-0.3, -0.25) is 4.79 Å². The molecule has 0 saturated carbocycles. The van der Waals surface area contributed by atoms with E-state index in [4.69, 9.17) is 4.74 Å². The average molecular weight is 311 g/mol. The van der Waals surface area contributed by atoms with E-state index in [9.17, 15) is 4.79 Å². The molecule has 0 aliphatic carbocycles. The Morgan fingerprint density at radius 2 is 1.78 bits per heavy atom. The second kappa shape index (κ2) is 7.32. The Balaban J connectivity index is 1.93. The fourth-order valence-corrected chi connectivity index (χ4v) is 2.42. The maximum Gasteiger partial charge on any atom is 0.258 e. The Labute approximate surface area is 138 Å². The van der Waals surface area contributed by atoms with E-state index in [1.165, 1.54) is 11.1 Å². The fourth-order valence-electron chi connectivity index (χ4n) is 2.42. The Kier molecular flexibility index (Phi) is 5.43. The van der Waals surface area contributed by atoms with Crippen molar-refractivity contribution in [3.05, 3.63) is 64.2 Å². The summed E-state index contributed by atoms with van der Waals surface area (Å²) in [6.45, 7) is 10.2. The number of amides is 1. The molecule has 2 aromatic carbocycles. The molecule has 1 amide bonds. The molecule has 0 aliphatic heterocycles. The third-order valence-electron chi connectivity index (χ3n) is 4.32. The lowest BCUT2D eigenvalue weighted by molar-refractivity contribution is -0.123. The second-order valence-corrected chi connectivity index (χ2v) is 6.12. The first-order chi connectivity index (χ1) is 10.9. The summed E-state index contributed by atoms with van der Waals surface area (Å²) in [7, 11) is 0. The third kappa shape index (κ3) is 4.35. The molecule has 0 fully saturated rings. The first-order valence-electron chi connectivity index (χ1n) is 7.94. The van der Waals surface area contributed by atoms with E-state index in [0.29, 0.717) is 0 Å². The quantitative estimate of drug-likeness (QED) is 0.899. The van der Waals surface area contributed by atoms with Gasteiger partial charge in [-0.2, -0.15) is 0 Å². The van der Waals surface area contributed by atoms with Gasteiger partial charge in [0.05, 0.1) is 6.04 Å². The number of benzene rings is 2. The van der Waals surface area contributed by atoms with Gasteiger partial charge >= 0.3 is 0 Å². The van der Waals surface area contributed by atoms with Crippen LogP contribution >= 0.6 is 0 Å². The van der Waals surface area contributed by atoms with Crippen molar-refractivity contribution in [2.75, 3.05) is 6.61 Å². The van der Waals surface area contributed by atoms with Gasteiger partial charge in [-0.25, -0.2) is 0 Å². The van der Waals surface area contributed by atoms with E-state index < -0.39 is 0 Å². The van der Waals surface area contributed by atoms with Crippen molar-refractivity contribution >= 4 is 5.91 Å². The largest absolute Gasteiger partial charge is 0.483 e. The van der Waals surface area contributed by atoms with Crippen LogP contribution in [0.25, 0.3) is 0 Å². The van der Waals surface area contributed by atoms with Crippen molar-refractivity contribution in [1.29, 1.82) is 0 Å². The number of ether oxygens (including phenoxy) is 1. The molecule has 1 unspecified atom stereocenters. The number of carbonyl (C=O) groups excluding carboxylic acids is 1. The second-order valence-electron chi connectivity index (χ2n) is 6.12. The van der Waals surface area contributed by atoms with E-state index in [1.807, 2.05) is 39.0 Å². The minimum atomic E-state index is -0.114. The number of rotatable bonds is 5. The lowest BCUT2D eigenvalue weighted by atomic mass is 10.0. The van der Waals surface area contributed by atoms with Gasteiger partial charge < -0.3 is 10.1 Å². The zero-order chi connectivity index (χ0) is 17.0. The van der Waals surface area contributed by atoms with Gasteiger partial charge in [-0.15, -0.1) is 0 Å². The lowest BCUT2D eigenvalue weighted by Gasteiger charge is -2.16. The molecule has 23 heavy (non-hydrogen) atoms. The van der Waals surface area contributed by atoms with Crippen LogP contribution in [0, 0.1) is 27.7 Å². The highest BCUT2D eigenvalue weighted by Gasteiger charge is 2.11. The van der Waals surface area contributed by atoms with Crippen molar-refractivity contribution in [3.63, 3.8) is 0 Å². The van der Waals surface area contributed by atoms with Crippen molar-refractivity contribution in [3.8, 4) is 5.75 Å². The summed E-state index contributed by atoms with van der Waals surface area (Å²) in [5, 5.41) is 2.98. The molecular weight excluding hydrogens is 286 g/mol. The maximum atomic E-state index is 12.1. The van der Waals surface area contributed by atoms with Crippen LogP contribution in [-0.2, 0) is 4.79 Å². The van der Waals surface area contributed by atoms with Crippen LogP contribution in [0.15, 0.2) is 36.4 Å². The number of hydrogen-bond acceptors (Lipinski definition) is 2. The monoisotopic (exact) mass is 311 g/mol. The van der Waals surface area contributed by atoms with E-state index in [-0.39, 0.29) is 18.6 Å². The highest BCUT2D eigenvalue weighted by molar-refractivity contribution is 5.78. The molecular formula is C20H25NO2. The van der Waals surface area contributed by atoms with Crippen molar-refractivity contribution in [2.24, 2.45) is 0 Å². The van der Waals surface area contributed by atoms with E-state index >= 15 is 0 Å². The summed E-state index contributed by atoms with van der Waals surface area (Å²) < 4.78 is 5.65. The van der Waals surface area contributed by atoms with E-state index in [2.05, 4.69) is 37.4 Å². The molecule has 1 N–H and O–H groups in total. The van der Waals surface area contributed by atoms with Gasteiger partial charge in [0.2, 0.25) is 0 Å². The van der Waals surface area contributed by atoms with Crippen LogP contribution in [0.1, 0.15) is 40.8 Å². The predicted molar refractivity (Wildman–Crippen MR) is 93.9 cm³/mol. The first-order valence-corrected chi connectivity index (χ1v) is 7.94. The molecule has 0 radical (unpaired) electrons. The van der Waals surface area contributed by atoms with Crippen LogP contribution in [0.3, 0.4) is 0 Å². The average Bonchev–Trinajstić information content (AvgIpc) is 2.51. The van der Waals surface area contributed by atoms with Crippen LogP contribution in [0.4, 0.5) is 0 Å². The molecule has 0 aromatic heterocycles. The molecule has 0 bridgehead atoms. The molecule has 0 saturated heterocycles. The topological polar surface area (TPSA) is 38.3 Å². The van der Waals surface area contributed by atoms with Crippen LogP contribution in [0.2, 0.25) is 0 Å². The molecule has 122 valence electrons. The Morgan fingerprint density at radius 3 is 2.48 bits per heavy atom. The maximum absolute atomic E-state index is 12.1. The Hall–Kier alpha value is -2.29. The van der Waals surface area contributed by atoms with Gasteiger partial charge in [0, 0.05) is 0 Å². The predicted octanol–water partition coefficient (Wildman–Crippen LogP) is 4.18. The molecule has 0 spiro atoms. The molecule has 3 heteroatoms. The summed E-state index contributed by atoms with van der Waals surface area (Å²) in [5.74, 6) is 0.649. The SMILES string of the molecule is Cc1ccc(C(C)NC(=O)COc2cccc(C)c2C)cc1C. The summed E-state index contributed by atoms with van der Waals surface area (Å²) in [5.41, 5.74) is 5.82. The smallest absolute Gasteiger partial charge is 0.258 e. The Bertz CT molecular complexity index is 707. The van der Waals surface area contributed by atoms with Gasteiger partial charge in [0.25, 0.3) is 5.91 Å². The van der Waals surface area contributed by atoms with Crippen molar-refractivity contribution in [2.45, 2.75) is 40.7 Å². The molecule has 1 atom stereocenters. The summed E-state index contributed by atoms with van der Waals surface area (Å²) in [6, 6.07) is 12.1. The van der Waals surface area contributed by atoms with Crippen LogP contribution in [-0.4, -0.2) is 12.5 Å². The summed E-state index contributed by atoms with van der Waals surface area (Å²) in [4.78, 5) is 12.1. The fraction of sp³-hybridized carbons (Fsp3) is 0.350. The summed E-state index contributed by atoms with van der Waals surface area (Å²) in [6.07, 6.45) is 0. The zero-order valence-electron chi connectivity index (χ0n) is 14.6. The molecule has 2 rings (SSSR count). The normalized spacial score (nSPS) is 11.9.